The zero-order valence-corrected chi connectivity index (χ0v) is 11.1. The maximum Gasteiger partial charge on any atom is 0.243 e. The first kappa shape index (κ1) is 13.5. The van der Waals surface area contributed by atoms with Crippen molar-refractivity contribution in [2.24, 2.45) is 5.73 Å². The van der Waals surface area contributed by atoms with Crippen LogP contribution in [0.4, 0.5) is 0 Å². The minimum Gasteiger partial charge on any atom is -0.437 e. The van der Waals surface area contributed by atoms with Gasteiger partial charge in [-0.1, -0.05) is 12.1 Å². The fourth-order valence-corrected chi connectivity index (χ4v) is 1.73. The number of ether oxygens (including phenoxy) is 1. The van der Waals surface area contributed by atoms with Gasteiger partial charge in [0, 0.05) is 12.1 Å². The first-order valence-electron chi connectivity index (χ1n) is 6.06. The summed E-state index contributed by atoms with van der Waals surface area (Å²) in [6.45, 7) is 4.21. The summed E-state index contributed by atoms with van der Waals surface area (Å²) in [5.74, 6) is 1.08. The molecule has 0 aliphatic rings. The Balaban J connectivity index is 2.29. The van der Waals surface area contributed by atoms with E-state index in [1.807, 2.05) is 13.8 Å². The van der Waals surface area contributed by atoms with Crippen LogP contribution in [0.15, 0.2) is 24.3 Å². The molecule has 3 N–H and O–H groups in total. The van der Waals surface area contributed by atoms with E-state index in [2.05, 4.69) is 10.2 Å². The number of aliphatic hydroxyl groups excluding tert-OH is 1. The van der Waals surface area contributed by atoms with Crippen LogP contribution in [0.3, 0.4) is 0 Å². The smallest absolute Gasteiger partial charge is 0.243 e. The van der Waals surface area contributed by atoms with Gasteiger partial charge in [0.05, 0.1) is 12.3 Å². The van der Waals surface area contributed by atoms with Crippen molar-refractivity contribution in [3.05, 3.63) is 46.6 Å². The van der Waals surface area contributed by atoms with Gasteiger partial charge in [-0.3, -0.25) is 0 Å². The lowest BCUT2D eigenvalue weighted by Crippen LogP contribution is -2.07. The predicted molar refractivity (Wildman–Crippen MR) is 71.8 cm³/mol. The van der Waals surface area contributed by atoms with Crippen LogP contribution in [0.1, 0.15) is 22.4 Å². The molecule has 5 heteroatoms. The average molecular weight is 259 g/mol. The van der Waals surface area contributed by atoms with E-state index in [1.165, 1.54) is 0 Å². The Morgan fingerprint density at radius 2 is 1.84 bits per heavy atom. The van der Waals surface area contributed by atoms with E-state index < -0.39 is 0 Å². The van der Waals surface area contributed by atoms with E-state index in [9.17, 15) is 0 Å². The highest BCUT2D eigenvalue weighted by Crippen LogP contribution is 2.25. The lowest BCUT2D eigenvalue weighted by molar-refractivity contribution is 0.281. The van der Waals surface area contributed by atoms with Crippen LogP contribution in [0.5, 0.6) is 11.6 Å². The normalized spacial score (nSPS) is 10.5. The van der Waals surface area contributed by atoms with Crippen LogP contribution in [0, 0.1) is 13.8 Å². The van der Waals surface area contributed by atoms with Crippen LogP contribution in [0.25, 0.3) is 0 Å². The number of nitrogens with two attached hydrogens (primary N) is 1. The number of aliphatic hydroxyl groups is 1. The number of aromatic nitrogens is 2. The van der Waals surface area contributed by atoms with Crippen LogP contribution >= 0.6 is 0 Å². The lowest BCUT2D eigenvalue weighted by atomic mass is 10.1. The largest absolute Gasteiger partial charge is 0.437 e. The molecule has 1 heterocycles. The quantitative estimate of drug-likeness (QED) is 0.875. The maximum atomic E-state index is 8.99. The molecule has 0 aliphatic heterocycles. The third-order valence-corrected chi connectivity index (χ3v) is 3.07. The van der Waals surface area contributed by atoms with Gasteiger partial charge in [0.2, 0.25) is 5.88 Å². The SMILES string of the molecule is Cc1nnc(Oc2ccc(CO)cc2)c(CN)c1C. The molecule has 0 spiro atoms. The van der Waals surface area contributed by atoms with Gasteiger partial charge < -0.3 is 15.6 Å². The fourth-order valence-electron chi connectivity index (χ4n) is 1.73. The fraction of sp³-hybridized carbons (Fsp3) is 0.286. The summed E-state index contributed by atoms with van der Waals surface area (Å²) >= 11 is 0. The zero-order chi connectivity index (χ0) is 13.8. The highest BCUT2D eigenvalue weighted by atomic mass is 16.5. The molecule has 0 saturated carbocycles. The Morgan fingerprint density at radius 1 is 1.16 bits per heavy atom. The number of hydrogen-bond donors (Lipinski definition) is 2. The highest BCUT2D eigenvalue weighted by Gasteiger charge is 2.11. The first-order chi connectivity index (χ1) is 9.15. The van der Waals surface area contributed by atoms with E-state index in [0.29, 0.717) is 18.2 Å². The minimum atomic E-state index is 0.0117. The van der Waals surface area contributed by atoms with Crippen molar-refractivity contribution in [1.29, 1.82) is 0 Å². The lowest BCUT2D eigenvalue weighted by Gasteiger charge is -2.12. The molecule has 100 valence electrons. The summed E-state index contributed by atoms with van der Waals surface area (Å²) < 4.78 is 5.70. The number of nitrogens with zero attached hydrogens (tertiary/aromatic N) is 2. The van der Waals surface area contributed by atoms with E-state index in [-0.39, 0.29) is 6.61 Å². The van der Waals surface area contributed by atoms with Crippen molar-refractivity contribution in [3.63, 3.8) is 0 Å². The number of hydrogen-bond acceptors (Lipinski definition) is 5. The van der Waals surface area contributed by atoms with E-state index in [4.69, 9.17) is 15.6 Å². The Kier molecular flexibility index (Phi) is 4.09. The summed E-state index contributed by atoms with van der Waals surface area (Å²) in [6.07, 6.45) is 0. The zero-order valence-electron chi connectivity index (χ0n) is 11.1. The van der Waals surface area contributed by atoms with E-state index in [0.717, 1.165) is 22.4 Å². The maximum absolute atomic E-state index is 8.99. The highest BCUT2D eigenvalue weighted by molar-refractivity contribution is 5.38. The van der Waals surface area contributed by atoms with Gasteiger partial charge in [0.25, 0.3) is 0 Å². The third kappa shape index (κ3) is 2.89. The second kappa shape index (κ2) is 5.77. The summed E-state index contributed by atoms with van der Waals surface area (Å²) in [5.41, 5.74) is 9.28. The summed E-state index contributed by atoms with van der Waals surface area (Å²) in [7, 11) is 0. The van der Waals surface area contributed by atoms with Crippen molar-refractivity contribution >= 4 is 0 Å². The number of rotatable bonds is 4. The average Bonchev–Trinajstić information content (AvgIpc) is 2.44. The molecule has 0 amide bonds. The second-order valence-electron chi connectivity index (χ2n) is 4.30. The molecule has 0 saturated heterocycles. The Hall–Kier alpha value is -1.98. The molecule has 2 rings (SSSR count). The third-order valence-electron chi connectivity index (χ3n) is 3.07. The molecule has 0 bridgehead atoms. The monoisotopic (exact) mass is 259 g/mol. The van der Waals surface area contributed by atoms with Crippen LogP contribution in [-0.2, 0) is 13.2 Å². The Labute approximate surface area is 112 Å². The van der Waals surface area contributed by atoms with Gasteiger partial charge >= 0.3 is 0 Å². The van der Waals surface area contributed by atoms with Crippen molar-refractivity contribution in [1.82, 2.24) is 10.2 Å². The van der Waals surface area contributed by atoms with Crippen molar-refractivity contribution < 1.29 is 9.84 Å². The van der Waals surface area contributed by atoms with Gasteiger partial charge in [-0.2, -0.15) is 5.10 Å². The molecule has 0 unspecified atom stereocenters. The minimum absolute atomic E-state index is 0.0117. The van der Waals surface area contributed by atoms with E-state index >= 15 is 0 Å². The molecule has 1 aromatic carbocycles. The van der Waals surface area contributed by atoms with Crippen molar-refractivity contribution in [2.45, 2.75) is 27.0 Å². The van der Waals surface area contributed by atoms with Crippen LogP contribution < -0.4 is 10.5 Å². The molecular formula is C14H17N3O2. The Morgan fingerprint density at radius 3 is 2.42 bits per heavy atom. The number of benzene rings is 1. The van der Waals surface area contributed by atoms with Crippen molar-refractivity contribution in [3.8, 4) is 11.6 Å². The summed E-state index contributed by atoms with van der Waals surface area (Å²) in [6, 6.07) is 7.16. The molecule has 0 fully saturated rings. The molecule has 2 aromatic rings. The number of aryl methyl sites for hydroxylation is 1. The second-order valence-corrected chi connectivity index (χ2v) is 4.30. The Bertz CT molecular complexity index is 568. The van der Waals surface area contributed by atoms with Crippen molar-refractivity contribution in [2.75, 3.05) is 0 Å². The van der Waals surface area contributed by atoms with Gasteiger partial charge in [-0.05, 0) is 37.1 Å². The topological polar surface area (TPSA) is 81.3 Å². The molecule has 5 nitrogen and oxygen atoms in total. The summed E-state index contributed by atoms with van der Waals surface area (Å²) in [4.78, 5) is 0. The van der Waals surface area contributed by atoms with Crippen LogP contribution in [0.2, 0.25) is 0 Å². The predicted octanol–water partition coefficient (Wildman–Crippen LogP) is 1.84. The first-order valence-corrected chi connectivity index (χ1v) is 6.06. The molecule has 0 aliphatic carbocycles. The van der Waals surface area contributed by atoms with Gasteiger partial charge in [0.15, 0.2) is 0 Å². The van der Waals surface area contributed by atoms with Gasteiger partial charge in [-0.25, -0.2) is 0 Å². The summed E-state index contributed by atoms with van der Waals surface area (Å²) in [5, 5.41) is 17.1. The molecular weight excluding hydrogens is 242 g/mol. The standard InChI is InChI=1S/C14H17N3O2/c1-9-10(2)16-17-14(13(9)7-15)19-12-5-3-11(8-18)4-6-12/h3-6,18H,7-8,15H2,1-2H3. The molecule has 1 aromatic heterocycles. The molecule has 0 radical (unpaired) electrons. The van der Waals surface area contributed by atoms with Gasteiger partial charge in [-0.15, -0.1) is 5.10 Å². The van der Waals surface area contributed by atoms with Crippen LogP contribution in [-0.4, -0.2) is 15.3 Å². The molecule has 19 heavy (non-hydrogen) atoms. The van der Waals surface area contributed by atoms with E-state index in [1.54, 1.807) is 24.3 Å². The molecule has 0 atom stereocenters. The van der Waals surface area contributed by atoms with Gasteiger partial charge in [0.1, 0.15) is 5.75 Å².